The van der Waals surface area contributed by atoms with Gasteiger partial charge in [-0.25, -0.2) is 0 Å². The highest BCUT2D eigenvalue weighted by molar-refractivity contribution is 6.08. The Morgan fingerprint density at radius 2 is 1.91 bits per heavy atom. The Morgan fingerprint density at radius 1 is 1.24 bits per heavy atom. The number of esters is 2. The number of fused-ring (bicyclic) bond motifs is 2. The average Bonchev–Trinajstić information content (AvgIpc) is 2.70. The van der Waals surface area contributed by atoms with E-state index in [1.807, 2.05) is 41.5 Å². The van der Waals surface area contributed by atoms with Crippen LogP contribution in [-0.2, 0) is 33.4 Å². The molecule has 1 saturated carbocycles. The molecular formula is C26H34O7. The minimum absolute atomic E-state index is 0.0244. The third-order valence-electron chi connectivity index (χ3n) is 8.68. The number of carbonyl (C=O) groups excluding carboxylic acids is 4. The lowest BCUT2D eigenvalue weighted by Gasteiger charge is -2.64. The van der Waals surface area contributed by atoms with E-state index >= 15 is 0 Å². The van der Waals surface area contributed by atoms with E-state index in [-0.39, 0.29) is 65.6 Å². The predicted octanol–water partition coefficient (Wildman–Crippen LogP) is 3.76. The lowest BCUT2D eigenvalue weighted by molar-refractivity contribution is -0.217. The van der Waals surface area contributed by atoms with E-state index in [4.69, 9.17) is 14.2 Å². The van der Waals surface area contributed by atoms with Crippen LogP contribution < -0.4 is 0 Å². The summed E-state index contributed by atoms with van der Waals surface area (Å²) < 4.78 is 16.9. The minimum Gasteiger partial charge on any atom is -0.493 e. The normalized spacial score (nSPS) is 40.1. The highest BCUT2D eigenvalue weighted by atomic mass is 16.5. The SMILES string of the molecule is COC1=C(C)[C@@H]2CC(=O)O[C@@H]3C[C@H]4[C@H](C)C=C(OC(=O)CC(C)C)C(=O)[C@]4(C)[C@@H](C1=O)[C@@]32C. The molecule has 0 unspecified atom stereocenters. The van der Waals surface area contributed by atoms with Crippen molar-refractivity contribution in [1.29, 1.82) is 0 Å². The van der Waals surface area contributed by atoms with Crippen LogP contribution in [0.1, 0.15) is 60.8 Å². The van der Waals surface area contributed by atoms with Crippen LogP contribution in [0.4, 0.5) is 0 Å². The number of carbonyl (C=O) groups is 4. The van der Waals surface area contributed by atoms with Gasteiger partial charge in [-0.15, -0.1) is 0 Å². The first-order chi connectivity index (χ1) is 15.4. The van der Waals surface area contributed by atoms with E-state index in [0.717, 1.165) is 5.57 Å². The van der Waals surface area contributed by atoms with Crippen LogP contribution in [-0.4, -0.2) is 36.7 Å². The first-order valence-electron chi connectivity index (χ1n) is 11.8. The van der Waals surface area contributed by atoms with Gasteiger partial charge in [0.15, 0.2) is 11.5 Å². The molecule has 180 valence electrons. The van der Waals surface area contributed by atoms with Crippen LogP contribution in [0.25, 0.3) is 0 Å². The smallest absolute Gasteiger partial charge is 0.311 e. The van der Waals surface area contributed by atoms with Crippen molar-refractivity contribution in [2.75, 3.05) is 7.11 Å². The quantitative estimate of drug-likeness (QED) is 0.592. The Bertz CT molecular complexity index is 989. The molecule has 0 aromatic rings. The summed E-state index contributed by atoms with van der Waals surface area (Å²) >= 11 is 0. The van der Waals surface area contributed by atoms with Gasteiger partial charge in [-0.05, 0) is 42.7 Å². The van der Waals surface area contributed by atoms with Crippen LogP contribution >= 0.6 is 0 Å². The highest BCUT2D eigenvalue weighted by Gasteiger charge is 2.72. The van der Waals surface area contributed by atoms with Gasteiger partial charge in [0, 0.05) is 29.1 Å². The number of methoxy groups -OCH3 is 1. The van der Waals surface area contributed by atoms with Gasteiger partial charge >= 0.3 is 11.9 Å². The Morgan fingerprint density at radius 3 is 2.52 bits per heavy atom. The molecular weight excluding hydrogens is 424 g/mol. The van der Waals surface area contributed by atoms with E-state index in [2.05, 4.69) is 0 Å². The van der Waals surface area contributed by atoms with E-state index < -0.39 is 28.8 Å². The standard InChI is InChI=1S/C26H34O7/c1-12(2)8-19(27)32-17-9-13(3)15-10-18-25(5)16(11-20(28)33-18)14(4)22(31-7)21(29)23(25)26(15,6)24(17)30/h9,12-13,15-16,18,23H,8,10-11H2,1-7H3/t13-,15+,16+,18-,23+,25-,26+/m1/s1. The lowest BCUT2D eigenvalue weighted by atomic mass is 9.40. The van der Waals surface area contributed by atoms with E-state index in [1.165, 1.54) is 7.11 Å². The molecule has 33 heavy (non-hydrogen) atoms. The fourth-order valence-corrected chi connectivity index (χ4v) is 7.22. The van der Waals surface area contributed by atoms with Gasteiger partial charge in [-0.2, -0.15) is 0 Å². The number of ether oxygens (including phenoxy) is 3. The van der Waals surface area contributed by atoms with Crippen LogP contribution in [0.15, 0.2) is 23.2 Å². The van der Waals surface area contributed by atoms with Crippen molar-refractivity contribution in [2.24, 2.45) is 40.4 Å². The molecule has 4 aliphatic rings. The number of Topliss-reactive ketones (excluding diaryl/α,β-unsaturated/α-hetero) is 2. The molecule has 0 spiro atoms. The monoisotopic (exact) mass is 458 g/mol. The summed E-state index contributed by atoms with van der Waals surface area (Å²) in [5, 5.41) is 0. The summed E-state index contributed by atoms with van der Waals surface area (Å²) in [7, 11) is 1.45. The molecule has 7 heteroatoms. The van der Waals surface area contributed by atoms with E-state index in [9.17, 15) is 19.2 Å². The van der Waals surface area contributed by atoms with E-state index in [1.54, 1.807) is 6.08 Å². The maximum atomic E-state index is 14.0. The van der Waals surface area contributed by atoms with Crippen molar-refractivity contribution in [3.05, 3.63) is 23.2 Å². The van der Waals surface area contributed by atoms with Crippen LogP contribution in [0, 0.1) is 40.4 Å². The molecule has 4 rings (SSSR count). The molecule has 1 heterocycles. The second-order valence-electron chi connectivity index (χ2n) is 11.0. The molecule has 0 aromatic carbocycles. The molecule has 0 radical (unpaired) electrons. The zero-order chi connectivity index (χ0) is 24.5. The van der Waals surface area contributed by atoms with Gasteiger partial charge < -0.3 is 14.2 Å². The van der Waals surface area contributed by atoms with Gasteiger partial charge in [0.2, 0.25) is 11.6 Å². The molecule has 1 saturated heterocycles. The molecule has 7 atom stereocenters. The second-order valence-corrected chi connectivity index (χ2v) is 11.0. The third-order valence-corrected chi connectivity index (χ3v) is 8.68. The van der Waals surface area contributed by atoms with Gasteiger partial charge in [0.05, 0.1) is 13.5 Å². The molecule has 0 amide bonds. The summed E-state index contributed by atoms with van der Waals surface area (Å²) in [5.74, 6) is -2.37. The van der Waals surface area contributed by atoms with Crippen LogP contribution in [0.5, 0.6) is 0 Å². The molecule has 1 aliphatic heterocycles. The van der Waals surface area contributed by atoms with Crippen LogP contribution in [0.2, 0.25) is 0 Å². The zero-order valence-electron chi connectivity index (χ0n) is 20.5. The topological polar surface area (TPSA) is 96.0 Å². The van der Waals surface area contributed by atoms with Crippen molar-refractivity contribution in [1.82, 2.24) is 0 Å². The van der Waals surface area contributed by atoms with Crippen molar-refractivity contribution >= 4 is 23.5 Å². The molecule has 3 aliphatic carbocycles. The molecule has 0 bridgehead atoms. The van der Waals surface area contributed by atoms with E-state index in [0.29, 0.717) is 6.42 Å². The zero-order valence-corrected chi connectivity index (χ0v) is 20.5. The Kier molecular flexibility index (Phi) is 5.61. The van der Waals surface area contributed by atoms with Crippen molar-refractivity contribution in [2.45, 2.75) is 66.9 Å². The maximum Gasteiger partial charge on any atom is 0.311 e. The van der Waals surface area contributed by atoms with Gasteiger partial charge in [-0.1, -0.05) is 34.6 Å². The summed E-state index contributed by atoms with van der Waals surface area (Å²) in [6.45, 7) is 11.4. The van der Waals surface area contributed by atoms with Gasteiger partial charge in [0.25, 0.3) is 0 Å². The number of ketones is 2. The third kappa shape index (κ3) is 3.22. The number of rotatable bonds is 4. The summed E-state index contributed by atoms with van der Waals surface area (Å²) in [5.41, 5.74) is -1.13. The van der Waals surface area contributed by atoms with Crippen molar-refractivity contribution in [3.63, 3.8) is 0 Å². The molecule has 2 fully saturated rings. The molecule has 7 nitrogen and oxygen atoms in total. The summed E-state index contributed by atoms with van der Waals surface area (Å²) in [4.78, 5) is 52.8. The fourth-order valence-electron chi connectivity index (χ4n) is 7.22. The lowest BCUT2D eigenvalue weighted by Crippen LogP contribution is -2.69. The van der Waals surface area contributed by atoms with Crippen LogP contribution in [0.3, 0.4) is 0 Å². The summed E-state index contributed by atoms with van der Waals surface area (Å²) in [6.07, 6.45) is 2.05. The average molecular weight is 459 g/mol. The van der Waals surface area contributed by atoms with Crippen molar-refractivity contribution in [3.8, 4) is 0 Å². The van der Waals surface area contributed by atoms with Gasteiger partial charge in [0.1, 0.15) is 6.10 Å². The number of hydrogen-bond acceptors (Lipinski definition) is 7. The first kappa shape index (κ1) is 23.7. The van der Waals surface area contributed by atoms with Crippen molar-refractivity contribution < 1.29 is 33.4 Å². The largest absolute Gasteiger partial charge is 0.493 e. The Hall–Kier alpha value is -2.44. The second kappa shape index (κ2) is 7.81. The van der Waals surface area contributed by atoms with Gasteiger partial charge in [-0.3, -0.25) is 19.2 Å². The Labute approximate surface area is 194 Å². The molecule has 0 N–H and O–H groups in total. The number of allylic oxidation sites excluding steroid dienone is 4. The highest BCUT2D eigenvalue weighted by Crippen LogP contribution is 2.67. The predicted molar refractivity (Wildman–Crippen MR) is 118 cm³/mol. The fraction of sp³-hybridized carbons (Fsp3) is 0.692. The summed E-state index contributed by atoms with van der Waals surface area (Å²) in [6, 6.07) is 0. The first-order valence-corrected chi connectivity index (χ1v) is 11.8. The minimum atomic E-state index is -1.11. The molecule has 0 aromatic heterocycles. The Balaban J connectivity index is 1.85. The number of hydrogen-bond donors (Lipinski definition) is 0. The maximum absolute atomic E-state index is 14.0.